The highest BCUT2D eigenvalue weighted by Crippen LogP contribution is 2.43. The molecule has 0 bridgehead atoms. The van der Waals surface area contributed by atoms with Crippen LogP contribution in [0.2, 0.25) is 0 Å². The van der Waals surface area contributed by atoms with Crippen LogP contribution in [-0.4, -0.2) is 23.3 Å². The van der Waals surface area contributed by atoms with Gasteiger partial charge >= 0.3 is 0 Å². The van der Waals surface area contributed by atoms with Gasteiger partial charge in [0.1, 0.15) is 5.78 Å². The van der Waals surface area contributed by atoms with Gasteiger partial charge in [-0.25, -0.2) is 0 Å². The van der Waals surface area contributed by atoms with E-state index in [1.54, 1.807) is 17.0 Å². The van der Waals surface area contributed by atoms with Crippen molar-refractivity contribution in [2.75, 3.05) is 11.4 Å². The van der Waals surface area contributed by atoms with Gasteiger partial charge in [-0.05, 0) is 31.5 Å². The molecule has 0 aliphatic carbocycles. The van der Waals surface area contributed by atoms with Crippen LogP contribution in [0.15, 0.2) is 22.7 Å². The summed E-state index contributed by atoms with van der Waals surface area (Å²) in [4.78, 5) is 25.4. The second-order valence-corrected chi connectivity index (χ2v) is 5.77. The molecule has 1 N–H and O–H groups in total. The van der Waals surface area contributed by atoms with Gasteiger partial charge in [0, 0.05) is 23.0 Å². The Hall–Kier alpha value is -1.20. The topological polar surface area (TPSA) is 57.6 Å². The molecule has 102 valence electrons. The quantitative estimate of drug-likeness (QED) is 0.924. The average molecular weight is 326 g/mol. The van der Waals surface area contributed by atoms with Crippen LogP contribution < -0.4 is 4.90 Å². The van der Waals surface area contributed by atoms with Crippen molar-refractivity contribution < 1.29 is 14.7 Å². The third kappa shape index (κ3) is 2.32. The van der Waals surface area contributed by atoms with E-state index in [2.05, 4.69) is 15.9 Å². The van der Waals surface area contributed by atoms with E-state index in [-0.39, 0.29) is 12.2 Å². The van der Waals surface area contributed by atoms with Crippen LogP contribution in [0.5, 0.6) is 0 Å². The highest BCUT2D eigenvalue weighted by molar-refractivity contribution is 9.10. The predicted molar refractivity (Wildman–Crippen MR) is 76.0 cm³/mol. The first-order chi connectivity index (χ1) is 8.90. The van der Waals surface area contributed by atoms with Crippen LogP contribution in [0.1, 0.15) is 32.3 Å². The van der Waals surface area contributed by atoms with Crippen molar-refractivity contribution in [1.29, 1.82) is 0 Å². The molecular weight excluding hydrogens is 310 g/mol. The number of halogens is 1. The van der Waals surface area contributed by atoms with E-state index in [0.717, 1.165) is 10.9 Å². The number of benzene rings is 1. The maximum atomic E-state index is 12.4. The lowest BCUT2D eigenvalue weighted by Gasteiger charge is -2.21. The molecule has 1 atom stereocenters. The summed E-state index contributed by atoms with van der Waals surface area (Å²) >= 11 is 3.34. The number of aliphatic hydroxyl groups is 1. The van der Waals surface area contributed by atoms with Gasteiger partial charge in [0.2, 0.25) is 0 Å². The molecule has 0 spiro atoms. The number of carbonyl (C=O) groups excluding carboxylic acids is 2. The Morgan fingerprint density at radius 3 is 2.74 bits per heavy atom. The zero-order chi connectivity index (χ0) is 14.2. The Balaban J connectivity index is 2.56. The Morgan fingerprint density at radius 2 is 2.16 bits per heavy atom. The molecule has 1 heterocycles. The minimum Gasteiger partial charge on any atom is -0.375 e. The standard InChI is InChI=1S/C14H16BrNO3/c1-3-6-16-12-5-4-10(15)7-11(12)14(19,13(16)18)8-9(2)17/h4-5,7,19H,3,6,8H2,1-2H3. The van der Waals surface area contributed by atoms with E-state index in [4.69, 9.17) is 0 Å². The van der Waals surface area contributed by atoms with Crippen LogP contribution >= 0.6 is 15.9 Å². The molecule has 0 aromatic heterocycles. The molecule has 2 rings (SSSR count). The predicted octanol–water partition coefficient (Wildman–Crippen LogP) is 2.37. The number of ketones is 1. The number of carbonyl (C=O) groups is 2. The summed E-state index contributed by atoms with van der Waals surface area (Å²) < 4.78 is 0.777. The molecule has 4 nitrogen and oxygen atoms in total. The number of fused-ring (bicyclic) bond motifs is 1. The molecule has 19 heavy (non-hydrogen) atoms. The smallest absolute Gasteiger partial charge is 0.264 e. The maximum Gasteiger partial charge on any atom is 0.264 e. The summed E-state index contributed by atoms with van der Waals surface area (Å²) in [6, 6.07) is 5.34. The second kappa shape index (κ2) is 5.06. The SMILES string of the molecule is CCCN1C(=O)C(O)(CC(C)=O)c2cc(Br)ccc21. The zero-order valence-corrected chi connectivity index (χ0v) is 12.5. The molecule has 1 aromatic rings. The number of rotatable bonds is 4. The average Bonchev–Trinajstić information content (AvgIpc) is 2.51. The molecular formula is C14H16BrNO3. The summed E-state index contributed by atoms with van der Waals surface area (Å²) in [7, 11) is 0. The van der Waals surface area contributed by atoms with Gasteiger partial charge in [-0.15, -0.1) is 0 Å². The van der Waals surface area contributed by atoms with Crippen LogP contribution in [-0.2, 0) is 15.2 Å². The summed E-state index contributed by atoms with van der Waals surface area (Å²) in [5.41, 5.74) is -0.519. The first kappa shape index (κ1) is 14.2. The van der Waals surface area contributed by atoms with Crippen LogP contribution in [0.4, 0.5) is 5.69 Å². The Bertz CT molecular complexity index is 543. The van der Waals surface area contributed by atoms with Crippen molar-refractivity contribution in [3.63, 3.8) is 0 Å². The first-order valence-corrected chi connectivity index (χ1v) is 7.03. The van der Waals surface area contributed by atoms with Crippen molar-refractivity contribution in [3.05, 3.63) is 28.2 Å². The minimum atomic E-state index is -1.72. The normalized spacial score (nSPS) is 21.7. The number of hydrogen-bond acceptors (Lipinski definition) is 3. The van der Waals surface area contributed by atoms with Crippen LogP contribution in [0, 0.1) is 0 Å². The molecule has 1 aromatic carbocycles. The fraction of sp³-hybridized carbons (Fsp3) is 0.429. The van der Waals surface area contributed by atoms with Gasteiger partial charge in [-0.3, -0.25) is 9.59 Å². The number of amides is 1. The van der Waals surface area contributed by atoms with Crippen molar-refractivity contribution in [1.82, 2.24) is 0 Å². The highest BCUT2D eigenvalue weighted by atomic mass is 79.9. The minimum absolute atomic E-state index is 0.185. The summed E-state index contributed by atoms with van der Waals surface area (Å²) in [6.07, 6.45) is 0.604. The van der Waals surface area contributed by atoms with E-state index >= 15 is 0 Å². The lowest BCUT2D eigenvalue weighted by Crippen LogP contribution is -2.41. The van der Waals surface area contributed by atoms with Gasteiger partial charge in [-0.1, -0.05) is 22.9 Å². The van der Waals surface area contributed by atoms with E-state index in [0.29, 0.717) is 17.8 Å². The Kier molecular flexibility index (Phi) is 3.78. The lowest BCUT2D eigenvalue weighted by atomic mass is 9.90. The molecule has 0 radical (unpaired) electrons. The summed E-state index contributed by atoms with van der Waals surface area (Å²) in [5.74, 6) is -0.613. The van der Waals surface area contributed by atoms with Gasteiger partial charge in [-0.2, -0.15) is 0 Å². The number of Topliss-reactive ketones (excluding diaryl/α,β-unsaturated/α-hetero) is 1. The third-order valence-electron chi connectivity index (χ3n) is 3.25. The van der Waals surface area contributed by atoms with Crippen molar-refractivity contribution in [2.24, 2.45) is 0 Å². The fourth-order valence-electron chi connectivity index (χ4n) is 2.50. The van der Waals surface area contributed by atoms with Crippen molar-refractivity contribution in [3.8, 4) is 0 Å². The fourth-order valence-corrected chi connectivity index (χ4v) is 2.86. The Morgan fingerprint density at radius 1 is 1.47 bits per heavy atom. The van der Waals surface area contributed by atoms with E-state index in [9.17, 15) is 14.7 Å². The number of hydrogen-bond donors (Lipinski definition) is 1. The third-order valence-corrected chi connectivity index (χ3v) is 3.74. The monoisotopic (exact) mass is 325 g/mol. The summed E-state index contributed by atoms with van der Waals surface area (Å²) in [6.45, 7) is 3.88. The molecule has 1 unspecified atom stereocenters. The lowest BCUT2D eigenvalue weighted by molar-refractivity contribution is -0.141. The molecule has 0 fully saturated rings. The Labute approximate surface area is 120 Å². The maximum absolute atomic E-state index is 12.4. The van der Waals surface area contributed by atoms with Crippen molar-refractivity contribution >= 4 is 33.3 Å². The molecule has 5 heteroatoms. The van der Waals surface area contributed by atoms with E-state index < -0.39 is 11.5 Å². The van der Waals surface area contributed by atoms with Crippen LogP contribution in [0.25, 0.3) is 0 Å². The molecule has 0 saturated carbocycles. The number of nitrogens with zero attached hydrogens (tertiary/aromatic N) is 1. The molecule has 0 saturated heterocycles. The van der Waals surface area contributed by atoms with Gasteiger partial charge in [0.05, 0.1) is 5.69 Å². The van der Waals surface area contributed by atoms with Gasteiger partial charge < -0.3 is 10.0 Å². The van der Waals surface area contributed by atoms with E-state index in [1.807, 2.05) is 13.0 Å². The van der Waals surface area contributed by atoms with Crippen molar-refractivity contribution in [2.45, 2.75) is 32.3 Å². The summed E-state index contributed by atoms with van der Waals surface area (Å²) in [5, 5.41) is 10.7. The number of anilines is 1. The molecule has 1 amide bonds. The molecule has 1 aliphatic rings. The van der Waals surface area contributed by atoms with Gasteiger partial charge in [0.25, 0.3) is 5.91 Å². The van der Waals surface area contributed by atoms with Crippen LogP contribution in [0.3, 0.4) is 0 Å². The second-order valence-electron chi connectivity index (χ2n) is 4.86. The first-order valence-electron chi connectivity index (χ1n) is 6.24. The zero-order valence-electron chi connectivity index (χ0n) is 10.9. The highest BCUT2D eigenvalue weighted by Gasteiger charge is 2.50. The molecule has 1 aliphatic heterocycles. The van der Waals surface area contributed by atoms with Gasteiger partial charge in [0.15, 0.2) is 5.60 Å². The largest absolute Gasteiger partial charge is 0.375 e. The van der Waals surface area contributed by atoms with E-state index in [1.165, 1.54) is 6.92 Å².